The van der Waals surface area contributed by atoms with E-state index < -0.39 is 5.82 Å². The molecule has 1 fully saturated rings. The summed E-state index contributed by atoms with van der Waals surface area (Å²) in [5.41, 5.74) is 1.63. The zero-order valence-electron chi connectivity index (χ0n) is 15.1. The molecule has 0 spiro atoms. The number of amides is 1. The van der Waals surface area contributed by atoms with Crippen LogP contribution < -0.4 is 10.1 Å². The van der Waals surface area contributed by atoms with Crippen LogP contribution >= 0.6 is 23.2 Å². The number of H-pyrrole nitrogens is 1. The Labute approximate surface area is 171 Å². The number of hydrogen-bond acceptors (Lipinski definition) is 3. The van der Waals surface area contributed by atoms with E-state index >= 15 is 0 Å². The van der Waals surface area contributed by atoms with Crippen LogP contribution in [-0.4, -0.2) is 15.9 Å². The number of aromatic nitrogens is 2. The molecule has 0 aliphatic heterocycles. The maximum atomic E-state index is 13.9. The number of pyridine rings is 1. The number of benzene rings is 1. The fraction of sp³-hybridized carbons (Fsp3) is 0.300. The molecule has 1 aliphatic carbocycles. The number of hydrogen-bond donors (Lipinski definition) is 2. The average molecular weight is 422 g/mol. The molecule has 1 aliphatic rings. The van der Waals surface area contributed by atoms with Crippen LogP contribution in [0.1, 0.15) is 31.0 Å². The van der Waals surface area contributed by atoms with Gasteiger partial charge in [-0.1, -0.05) is 30.1 Å². The molecular formula is C20H18Cl2FN3O2. The second-order valence-corrected chi connectivity index (χ2v) is 8.02. The van der Waals surface area contributed by atoms with Crippen molar-refractivity contribution < 1.29 is 13.9 Å². The highest BCUT2D eigenvalue weighted by atomic mass is 35.5. The molecule has 0 atom stereocenters. The Hall–Kier alpha value is -2.31. The zero-order valence-corrected chi connectivity index (χ0v) is 16.6. The Kier molecular flexibility index (Phi) is 4.93. The number of nitrogens with zero attached hydrogens (tertiary/aromatic N) is 1. The van der Waals surface area contributed by atoms with Gasteiger partial charge in [0.25, 0.3) is 0 Å². The van der Waals surface area contributed by atoms with E-state index in [1.54, 1.807) is 12.1 Å². The second-order valence-electron chi connectivity index (χ2n) is 7.26. The summed E-state index contributed by atoms with van der Waals surface area (Å²) in [6.07, 6.45) is 3.16. The van der Waals surface area contributed by atoms with Crippen molar-refractivity contribution >= 4 is 40.0 Å². The Balaban J connectivity index is 1.49. The lowest BCUT2D eigenvalue weighted by Crippen LogP contribution is -2.29. The minimum absolute atomic E-state index is 0.0551. The van der Waals surface area contributed by atoms with Crippen LogP contribution in [0.2, 0.25) is 10.2 Å². The van der Waals surface area contributed by atoms with Gasteiger partial charge in [0.1, 0.15) is 23.3 Å². The smallest absolute Gasteiger partial charge is 0.226 e. The molecule has 146 valence electrons. The first-order valence-corrected chi connectivity index (χ1v) is 9.62. The quantitative estimate of drug-likeness (QED) is 0.550. The number of ether oxygens (including phenoxy) is 1. The molecule has 4 rings (SSSR count). The molecule has 1 amide bonds. The Morgan fingerprint density at radius 1 is 1.36 bits per heavy atom. The Morgan fingerprint density at radius 2 is 2.14 bits per heavy atom. The topological polar surface area (TPSA) is 67.0 Å². The van der Waals surface area contributed by atoms with Crippen LogP contribution in [0.5, 0.6) is 5.75 Å². The lowest BCUT2D eigenvalue weighted by atomic mass is 10.1. The SMILES string of the molecule is CC1(C(=O)NCc2cc3cc(Cl)c(OCc4c(F)ccnc4Cl)cc3[nH]2)CC1. The number of nitrogens with one attached hydrogen (secondary N) is 2. The summed E-state index contributed by atoms with van der Waals surface area (Å²) in [7, 11) is 0. The van der Waals surface area contributed by atoms with Gasteiger partial charge in [-0.2, -0.15) is 0 Å². The summed E-state index contributed by atoms with van der Waals surface area (Å²) in [5.74, 6) is -0.0144. The third-order valence-corrected chi connectivity index (χ3v) is 5.66. The van der Waals surface area contributed by atoms with Crippen LogP contribution in [0.25, 0.3) is 10.9 Å². The van der Waals surface area contributed by atoms with E-state index in [1.165, 1.54) is 12.3 Å². The van der Waals surface area contributed by atoms with Gasteiger partial charge >= 0.3 is 0 Å². The van der Waals surface area contributed by atoms with Crippen molar-refractivity contribution in [2.24, 2.45) is 5.41 Å². The maximum Gasteiger partial charge on any atom is 0.226 e. The predicted octanol–water partition coefficient (Wildman–Crippen LogP) is 5.00. The third kappa shape index (κ3) is 3.80. The van der Waals surface area contributed by atoms with Gasteiger partial charge in [0, 0.05) is 34.3 Å². The molecule has 1 saturated carbocycles. The van der Waals surface area contributed by atoms with Gasteiger partial charge < -0.3 is 15.0 Å². The molecule has 2 N–H and O–H groups in total. The van der Waals surface area contributed by atoms with Gasteiger partial charge in [0.05, 0.1) is 17.1 Å². The van der Waals surface area contributed by atoms with Crippen LogP contribution in [0.3, 0.4) is 0 Å². The van der Waals surface area contributed by atoms with E-state index in [4.69, 9.17) is 27.9 Å². The van der Waals surface area contributed by atoms with Crippen molar-refractivity contribution in [1.29, 1.82) is 0 Å². The second kappa shape index (κ2) is 7.26. The molecule has 2 heterocycles. The molecule has 2 aromatic heterocycles. The third-order valence-electron chi connectivity index (χ3n) is 5.03. The number of fused-ring (bicyclic) bond motifs is 1. The van der Waals surface area contributed by atoms with Gasteiger partial charge in [0.15, 0.2) is 0 Å². The molecular weight excluding hydrogens is 404 g/mol. The molecule has 3 aromatic rings. The van der Waals surface area contributed by atoms with Crippen molar-refractivity contribution in [2.45, 2.75) is 32.9 Å². The van der Waals surface area contributed by atoms with Gasteiger partial charge in [-0.25, -0.2) is 9.37 Å². The van der Waals surface area contributed by atoms with E-state index in [1.807, 2.05) is 13.0 Å². The maximum absolute atomic E-state index is 13.9. The first-order valence-electron chi connectivity index (χ1n) is 8.87. The van der Waals surface area contributed by atoms with Gasteiger partial charge in [-0.3, -0.25) is 4.79 Å². The van der Waals surface area contributed by atoms with Crippen molar-refractivity contribution in [2.75, 3.05) is 0 Å². The van der Waals surface area contributed by atoms with Gasteiger partial charge in [0.2, 0.25) is 5.91 Å². The summed E-state index contributed by atoms with van der Waals surface area (Å²) in [6.45, 7) is 2.29. The molecule has 28 heavy (non-hydrogen) atoms. The number of rotatable bonds is 6. The largest absolute Gasteiger partial charge is 0.487 e. The van der Waals surface area contributed by atoms with E-state index in [9.17, 15) is 9.18 Å². The highest BCUT2D eigenvalue weighted by Gasteiger charge is 2.44. The van der Waals surface area contributed by atoms with E-state index in [0.717, 1.165) is 29.4 Å². The highest BCUT2D eigenvalue weighted by Crippen LogP contribution is 2.45. The summed E-state index contributed by atoms with van der Waals surface area (Å²) < 4.78 is 19.5. The first kappa shape index (κ1) is 19.0. The van der Waals surface area contributed by atoms with Crippen LogP contribution in [-0.2, 0) is 17.9 Å². The first-order chi connectivity index (χ1) is 13.4. The molecule has 1 aromatic carbocycles. The average Bonchev–Trinajstić information content (AvgIpc) is 3.28. The molecule has 0 saturated heterocycles. The summed E-state index contributed by atoms with van der Waals surface area (Å²) in [4.78, 5) is 19.2. The van der Waals surface area contributed by atoms with Crippen molar-refractivity contribution in [3.8, 4) is 5.75 Å². The normalized spacial score (nSPS) is 14.9. The monoisotopic (exact) mass is 421 g/mol. The number of carbonyl (C=O) groups excluding carboxylic acids is 1. The fourth-order valence-electron chi connectivity index (χ4n) is 2.93. The van der Waals surface area contributed by atoms with Crippen LogP contribution in [0.4, 0.5) is 4.39 Å². The van der Waals surface area contributed by atoms with E-state index in [2.05, 4.69) is 15.3 Å². The molecule has 0 radical (unpaired) electrons. The van der Waals surface area contributed by atoms with Crippen molar-refractivity contribution in [1.82, 2.24) is 15.3 Å². The lowest BCUT2D eigenvalue weighted by molar-refractivity contribution is -0.125. The van der Waals surface area contributed by atoms with Crippen molar-refractivity contribution in [3.05, 3.63) is 57.7 Å². The summed E-state index contributed by atoms with van der Waals surface area (Å²) in [5, 5.41) is 4.30. The van der Waals surface area contributed by atoms with E-state index in [0.29, 0.717) is 17.3 Å². The molecule has 0 unspecified atom stereocenters. The van der Waals surface area contributed by atoms with Gasteiger partial charge in [-0.05, 0) is 31.0 Å². The van der Waals surface area contributed by atoms with Crippen LogP contribution in [0.15, 0.2) is 30.5 Å². The predicted molar refractivity (Wildman–Crippen MR) is 106 cm³/mol. The minimum Gasteiger partial charge on any atom is -0.487 e. The lowest BCUT2D eigenvalue weighted by Gasteiger charge is -2.10. The van der Waals surface area contributed by atoms with Crippen LogP contribution in [0, 0.1) is 11.2 Å². The summed E-state index contributed by atoms with van der Waals surface area (Å²) in [6, 6.07) is 6.66. The molecule has 0 bridgehead atoms. The number of carbonyl (C=O) groups is 1. The number of halogens is 3. The fourth-order valence-corrected chi connectivity index (χ4v) is 3.35. The minimum atomic E-state index is -0.487. The standard InChI is InChI=1S/C20H18Cl2FN3O2/c1-20(3-4-20)19(27)25-9-12-6-11-7-14(21)17(8-16(11)26-12)28-10-13-15(23)2-5-24-18(13)22/h2,5-8,26H,3-4,9-10H2,1H3,(H,25,27). The Bertz CT molecular complexity index is 1040. The Morgan fingerprint density at radius 3 is 2.86 bits per heavy atom. The number of aromatic amines is 1. The molecule has 5 nitrogen and oxygen atoms in total. The van der Waals surface area contributed by atoms with Crippen molar-refractivity contribution in [3.63, 3.8) is 0 Å². The van der Waals surface area contributed by atoms with E-state index in [-0.39, 0.29) is 28.6 Å². The van der Waals surface area contributed by atoms with Gasteiger partial charge in [-0.15, -0.1) is 0 Å². The molecule has 8 heteroatoms. The highest BCUT2D eigenvalue weighted by molar-refractivity contribution is 6.32. The zero-order chi connectivity index (χ0) is 19.9. The summed E-state index contributed by atoms with van der Waals surface area (Å²) >= 11 is 12.2.